The van der Waals surface area contributed by atoms with E-state index in [-0.39, 0.29) is 0 Å². The average Bonchev–Trinajstić information content (AvgIpc) is 2.88. The molecule has 6 nitrogen and oxygen atoms in total. The molecule has 0 saturated carbocycles. The minimum atomic E-state index is -0.999. The van der Waals surface area contributed by atoms with Gasteiger partial charge in [0, 0.05) is 6.54 Å². The molecule has 2 N–H and O–H groups in total. The lowest BCUT2D eigenvalue weighted by Crippen LogP contribution is -2.42. The van der Waals surface area contributed by atoms with E-state index in [1.165, 1.54) is 4.90 Å². The van der Waals surface area contributed by atoms with E-state index >= 15 is 0 Å². The lowest BCUT2D eigenvalue weighted by molar-refractivity contribution is -0.141. The number of nitrogens with one attached hydrogen (secondary N) is 1. The average molecular weight is 259 g/mol. The van der Waals surface area contributed by atoms with Crippen molar-refractivity contribution in [2.45, 2.75) is 18.9 Å². The fourth-order valence-corrected chi connectivity index (χ4v) is 2.14. The molecule has 1 saturated heterocycles. The summed E-state index contributed by atoms with van der Waals surface area (Å²) in [6.07, 6.45) is 1.13. The van der Waals surface area contributed by atoms with Crippen LogP contribution in [0.3, 0.4) is 0 Å². The van der Waals surface area contributed by atoms with Gasteiger partial charge in [0.15, 0.2) is 0 Å². The molecule has 0 bridgehead atoms. The second-order valence-electron chi connectivity index (χ2n) is 4.28. The van der Waals surface area contributed by atoms with Crippen LogP contribution in [0.4, 0.5) is 10.5 Å². The van der Waals surface area contributed by atoms with E-state index in [0.29, 0.717) is 30.6 Å². The Morgan fingerprint density at radius 2 is 2.16 bits per heavy atom. The van der Waals surface area contributed by atoms with Gasteiger partial charge in [0.2, 0.25) is 0 Å². The van der Waals surface area contributed by atoms with Crippen LogP contribution in [0.25, 0.3) is 0 Å². The first-order valence-corrected chi connectivity index (χ1v) is 5.93. The Balaban J connectivity index is 2.13. The zero-order chi connectivity index (χ0) is 13.8. The van der Waals surface area contributed by atoms with Gasteiger partial charge in [-0.25, -0.2) is 9.59 Å². The number of likely N-dealkylation sites (tertiary alicyclic amines) is 1. The summed E-state index contributed by atoms with van der Waals surface area (Å²) in [6.45, 7) is 0.414. The van der Waals surface area contributed by atoms with E-state index in [2.05, 4.69) is 5.32 Å². The van der Waals surface area contributed by atoms with Crippen LogP contribution in [0.15, 0.2) is 24.3 Å². The normalized spacial score (nSPS) is 17.8. The lowest BCUT2D eigenvalue weighted by Gasteiger charge is -2.22. The number of carbonyl (C=O) groups is 2. The number of hydrogen-bond donors (Lipinski definition) is 2. The van der Waals surface area contributed by atoms with Gasteiger partial charge in [0.1, 0.15) is 12.1 Å². The van der Waals surface area contributed by atoms with Crippen LogP contribution < -0.4 is 5.32 Å². The number of amides is 2. The molecule has 1 aromatic rings. The molecule has 1 fully saturated rings. The summed E-state index contributed by atoms with van der Waals surface area (Å²) in [4.78, 5) is 24.3. The predicted octanol–water partition coefficient (Wildman–Crippen LogP) is 1.64. The minimum Gasteiger partial charge on any atom is -0.480 e. The Morgan fingerprint density at radius 1 is 1.42 bits per heavy atom. The van der Waals surface area contributed by atoms with Crippen LogP contribution >= 0.6 is 0 Å². The highest BCUT2D eigenvalue weighted by molar-refractivity contribution is 5.93. The molecule has 1 atom stereocenters. The van der Waals surface area contributed by atoms with Gasteiger partial charge in [-0.2, -0.15) is 5.26 Å². The van der Waals surface area contributed by atoms with Crippen molar-refractivity contribution in [3.05, 3.63) is 29.8 Å². The van der Waals surface area contributed by atoms with Crippen LogP contribution in [0.5, 0.6) is 0 Å². The highest BCUT2D eigenvalue weighted by Crippen LogP contribution is 2.20. The van der Waals surface area contributed by atoms with Gasteiger partial charge in [0.05, 0.1) is 11.3 Å². The standard InChI is InChI=1S/C13H13N3O3/c14-8-9-4-1-2-5-10(9)15-13(19)16-7-3-6-11(16)12(17)18/h1-2,4-5,11H,3,6-7H2,(H,15,19)(H,17,18). The van der Waals surface area contributed by atoms with Crippen molar-refractivity contribution in [2.75, 3.05) is 11.9 Å². The third-order valence-corrected chi connectivity index (χ3v) is 3.09. The maximum absolute atomic E-state index is 12.0. The molecular weight excluding hydrogens is 246 g/mol. The summed E-state index contributed by atoms with van der Waals surface area (Å²) in [5.74, 6) is -0.999. The topological polar surface area (TPSA) is 93.4 Å². The number of benzene rings is 1. The molecule has 98 valence electrons. The highest BCUT2D eigenvalue weighted by Gasteiger charge is 2.34. The molecule has 1 aliphatic rings. The van der Waals surface area contributed by atoms with Gasteiger partial charge < -0.3 is 15.3 Å². The molecule has 1 unspecified atom stereocenters. The van der Waals surface area contributed by atoms with Crippen molar-refractivity contribution in [3.8, 4) is 6.07 Å². The molecule has 0 radical (unpaired) electrons. The monoisotopic (exact) mass is 259 g/mol. The van der Waals surface area contributed by atoms with Gasteiger partial charge in [-0.1, -0.05) is 12.1 Å². The fraction of sp³-hybridized carbons (Fsp3) is 0.308. The van der Waals surface area contributed by atoms with Crippen molar-refractivity contribution in [3.63, 3.8) is 0 Å². The predicted molar refractivity (Wildman–Crippen MR) is 67.5 cm³/mol. The van der Waals surface area contributed by atoms with Gasteiger partial charge in [0.25, 0.3) is 0 Å². The van der Waals surface area contributed by atoms with Crippen LogP contribution in [-0.2, 0) is 4.79 Å². The van der Waals surface area contributed by atoms with Crippen molar-refractivity contribution in [1.29, 1.82) is 5.26 Å². The number of carboxylic acid groups (broad SMARTS) is 1. The third kappa shape index (κ3) is 2.65. The molecule has 1 heterocycles. The van der Waals surface area contributed by atoms with Crippen molar-refractivity contribution in [2.24, 2.45) is 0 Å². The van der Waals surface area contributed by atoms with Gasteiger partial charge >= 0.3 is 12.0 Å². The Kier molecular flexibility index (Phi) is 3.66. The van der Waals surface area contributed by atoms with Crippen LogP contribution in [0.1, 0.15) is 18.4 Å². The number of nitriles is 1. The zero-order valence-corrected chi connectivity index (χ0v) is 10.2. The molecule has 0 aliphatic carbocycles. The fourth-order valence-electron chi connectivity index (χ4n) is 2.14. The smallest absolute Gasteiger partial charge is 0.326 e. The first kappa shape index (κ1) is 12.9. The van der Waals surface area contributed by atoms with Crippen LogP contribution in [0, 0.1) is 11.3 Å². The van der Waals surface area contributed by atoms with E-state index in [1.807, 2.05) is 6.07 Å². The zero-order valence-electron chi connectivity index (χ0n) is 10.2. The maximum Gasteiger partial charge on any atom is 0.326 e. The highest BCUT2D eigenvalue weighted by atomic mass is 16.4. The number of anilines is 1. The summed E-state index contributed by atoms with van der Waals surface area (Å²) < 4.78 is 0. The Morgan fingerprint density at radius 3 is 2.84 bits per heavy atom. The number of carbonyl (C=O) groups excluding carboxylic acids is 1. The summed E-state index contributed by atoms with van der Waals surface area (Å²) >= 11 is 0. The lowest BCUT2D eigenvalue weighted by atomic mass is 10.2. The van der Waals surface area contributed by atoms with Crippen LogP contribution in [-0.4, -0.2) is 34.6 Å². The summed E-state index contributed by atoms with van der Waals surface area (Å²) in [5, 5.41) is 20.5. The SMILES string of the molecule is N#Cc1ccccc1NC(=O)N1CCCC1C(=O)O. The van der Waals surface area contributed by atoms with Gasteiger partial charge in [-0.15, -0.1) is 0 Å². The quantitative estimate of drug-likeness (QED) is 0.844. The Labute approximate surface area is 110 Å². The minimum absolute atomic E-state index is 0.349. The first-order valence-electron chi connectivity index (χ1n) is 5.93. The molecule has 19 heavy (non-hydrogen) atoms. The van der Waals surface area contributed by atoms with Crippen molar-refractivity contribution >= 4 is 17.7 Å². The Bertz CT molecular complexity index is 550. The summed E-state index contributed by atoms with van der Waals surface area (Å²) in [5.41, 5.74) is 0.743. The summed E-state index contributed by atoms with van der Waals surface area (Å²) in [6, 6.07) is 7.32. The largest absolute Gasteiger partial charge is 0.480 e. The number of hydrogen-bond acceptors (Lipinski definition) is 3. The maximum atomic E-state index is 12.0. The van der Waals surface area contributed by atoms with E-state index in [4.69, 9.17) is 10.4 Å². The van der Waals surface area contributed by atoms with Gasteiger partial charge in [-0.05, 0) is 25.0 Å². The molecule has 1 aromatic carbocycles. The number of aliphatic carboxylic acids is 1. The number of rotatable bonds is 2. The number of para-hydroxylation sites is 1. The number of carboxylic acids is 1. The molecule has 6 heteroatoms. The van der Waals surface area contributed by atoms with Gasteiger partial charge in [-0.3, -0.25) is 0 Å². The summed E-state index contributed by atoms with van der Waals surface area (Å²) in [7, 11) is 0. The van der Waals surface area contributed by atoms with E-state index in [1.54, 1.807) is 24.3 Å². The number of nitrogens with zero attached hydrogens (tertiary/aromatic N) is 2. The first-order chi connectivity index (χ1) is 9.13. The van der Waals surface area contributed by atoms with Crippen molar-refractivity contribution < 1.29 is 14.7 Å². The third-order valence-electron chi connectivity index (χ3n) is 3.09. The number of urea groups is 1. The van der Waals surface area contributed by atoms with E-state index < -0.39 is 18.0 Å². The second kappa shape index (κ2) is 5.40. The molecule has 0 aromatic heterocycles. The van der Waals surface area contributed by atoms with E-state index in [0.717, 1.165) is 0 Å². The second-order valence-corrected chi connectivity index (χ2v) is 4.28. The molecule has 2 amide bonds. The van der Waals surface area contributed by atoms with Crippen molar-refractivity contribution in [1.82, 2.24) is 4.90 Å². The molecule has 1 aliphatic heterocycles. The van der Waals surface area contributed by atoms with Crippen LogP contribution in [0.2, 0.25) is 0 Å². The molecular formula is C13H13N3O3. The molecule has 2 rings (SSSR count). The Hall–Kier alpha value is -2.55. The molecule has 0 spiro atoms. The van der Waals surface area contributed by atoms with E-state index in [9.17, 15) is 9.59 Å².